The van der Waals surface area contributed by atoms with Crippen molar-refractivity contribution in [2.24, 2.45) is 17.8 Å². The minimum atomic E-state index is -0.0627. The van der Waals surface area contributed by atoms with E-state index in [-0.39, 0.29) is 12.0 Å². The molecule has 0 amide bonds. The number of nitrogens with zero attached hydrogens (tertiary/aromatic N) is 2. The van der Waals surface area contributed by atoms with E-state index in [1.54, 1.807) is 7.11 Å². The highest BCUT2D eigenvalue weighted by Gasteiger charge is 2.48. The largest absolute Gasteiger partial charge is 0.468 e. The van der Waals surface area contributed by atoms with Crippen LogP contribution in [0.4, 0.5) is 0 Å². The van der Waals surface area contributed by atoms with Crippen molar-refractivity contribution in [3.8, 4) is 0 Å². The van der Waals surface area contributed by atoms with Crippen molar-refractivity contribution in [3.63, 3.8) is 0 Å². The zero-order chi connectivity index (χ0) is 24.2. The molecule has 7 nitrogen and oxygen atoms in total. The molecule has 2 saturated carbocycles. The Morgan fingerprint density at radius 1 is 0.914 bits per heavy atom. The van der Waals surface area contributed by atoms with Crippen LogP contribution in [0.1, 0.15) is 77.0 Å². The lowest BCUT2D eigenvalue weighted by molar-refractivity contribution is -0.678. The van der Waals surface area contributed by atoms with Gasteiger partial charge in [-0.2, -0.15) is 0 Å². The Morgan fingerprint density at radius 2 is 1.63 bits per heavy atom. The van der Waals surface area contributed by atoms with Gasteiger partial charge in [-0.3, -0.25) is 9.69 Å². The summed E-state index contributed by atoms with van der Waals surface area (Å²) in [6.07, 6.45) is 15.9. The Bertz CT molecular complexity index is 671. The van der Waals surface area contributed by atoms with Gasteiger partial charge in [0.15, 0.2) is 0 Å². The van der Waals surface area contributed by atoms with Crippen molar-refractivity contribution >= 4 is 5.97 Å². The number of nitrogens with one attached hydrogen (secondary N) is 1. The molecule has 3 saturated heterocycles. The molecule has 0 aromatic heterocycles. The van der Waals surface area contributed by atoms with E-state index < -0.39 is 0 Å². The molecular weight excluding hydrogens is 440 g/mol. The van der Waals surface area contributed by atoms with E-state index in [9.17, 15) is 4.79 Å². The third-order valence-corrected chi connectivity index (χ3v) is 10.4. The van der Waals surface area contributed by atoms with Crippen LogP contribution < -0.4 is 10.6 Å². The van der Waals surface area contributed by atoms with E-state index in [0.29, 0.717) is 18.2 Å². The highest BCUT2D eigenvalue weighted by Crippen LogP contribution is 2.35. The normalized spacial score (nSPS) is 41.4. The molecule has 0 aromatic rings. The van der Waals surface area contributed by atoms with Gasteiger partial charge in [0.2, 0.25) is 0 Å². The van der Waals surface area contributed by atoms with Crippen LogP contribution in [0.15, 0.2) is 0 Å². The number of hydrogen-bond acceptors (Lipinski definition) is 6. The number of nitrogens with two attached hydrogens (primary N) is 1. The molecule has 3 aliphatic heterocycles. The van der Waals surface area contributed by atoms with Crippen molar-refractivity contribution in [1.29, 1.82) is 0 Å². The average Bonchev–Trinajstić information content (AvgIpc) is 3.30. The van der Waals surface area contributed by atoms with Crippen LogP contribution >= 0.6 is 0 Å². The van der Waals surface area contributed by atoms with E-state index in [1.165, 1.54) is 83.7 Å². The first-order chi connectivity index (χ1) is 17.1. The Kier molecular flexibility index (Phi) is 9.03. The molecule has 4 unspecified atom stereocenters. The number of hydrogen-bond donors (Lipinski definition) is 2. The summed E-state index contributed by atoms with van der Waals surface area (Å²) < 4.78 is 10.9. The van der Waals surface area contributed by atoms with Gasteiger partial charge in [0.05, 0.1) is 19.3 Å². The smallest absolute Gasteiger partial charge is 0.323 e. The molecule has 5 fully saturated rings. The van der Waals surface area contributed by atoms with Crippen molar-refractivity contribution in [2.75, 3.05) is 47.1 Å². The van der Waals surface area contributed by atoms with Gasteiger partial charge < -0.3 is 20.1 Å². The Morgan fingerprint density at radius 3 is 2.29 bits per heavy atom. The van der Waals surface area contributed by atoms with Gasteiger partial charge in [0.25, 0.3) is 0 Å². The number of carbonyl (C=O) groups is 1. The first-order valence-corrected chi connectivity index (χ1v) is 14.8. The number of ether oxygens (including phenoxy) is 2. The molecule has 0 radical (unpaired) electrons. The van der Waals surface area contributed by atoms with Crippen LogP contribution in [-0.2, 0) is 14.3 Å². The van der Waals surface area contributed by atoms with Gasteiger partial charge in [-0.05, 0) is 88.5 Å². The quantitative estimate of drug-likeness (QED) is 0.531. The second-order valence-electron chi connectivity index (χ2n) is 12.4. The number of likely N-dealkylation sites (tertiary alicyclic amines) is 1. The van der Waals surface area contributed by atoms with Crippen molar-refractivity contribution < 1.29 is 19.6 Å². The molecule has 5 rings (SSSR count). The van der Waals surface area contributed by atoms with Crippen molar-refractivity contribution in [1.82, 2.24) is 15.1 Å². The number of rotatable bonds is 7. The first kappa shape index (κ1) is 25.9. The molecule has 0 spiro atoms. The number of fused-ring (bicyclic) bond motifs is 1. The lowest BCUT2D eigenvalue weighted by atomic mass is 9.76. The standard InChI is InChI=1S/C28H50N4O3/c1-34-23-12-8-21(9-13-23)17-32-19-30-25-15-26(28(33)35-2)31(18-27(25)32)16-20-6-10-22(11-7-20)24-5-3-4-14-29-24/h20-27,29-30H,3-19H2,1-2H3/p+1. The van der Waals surface area contributed by atoms with Gasteiger partial charge in [0.1, 0.15) is 18.8 Å². The fourth-order valence-corrected chi connectivity index (χ4v) is 8.17. The summed E-state index contributed by atoms with van der Waals surface area (Å²) in [5, 5.41) is 6.30. The zero-order valence-electron chi connectivity index (χ0n) is 22.3. The van der Waals surface area contributed by atoms with E-state index in [0.717, 1.165) is 50.0 Å². The van der Waals surface area contributed by atoms with Crippen LogP contribution in [0.3, 0.4) is 0 Å². The van der Waals surface area contributed by atoms with E-state index in [4.69, 9.17) is 9.47 Å². The van der Waals surface area contributed by atoms with Gasteiger partial charge in [-0.25, -0.2) is 4.90 Å². The molecule has 2 aliphatic carbocycles. The van der Waals surface area contributed by atoms with Gasteiger partial charge in [-0.15, -0.1) is 0 Å². The predicted octanol–water partition coefficient (Wildman–Crippen LogP) is 1.96. The van der Waals surface area contributed by atoms with Crippen LogP contribution in [-0.4, -0.2) is 93.1 Å². The summed E-state index contributed by atoms with van der Waals surface area (Å²) in [5.74, 6) is 2.36. The summed E-state index contributed by atoms with van der Waals surface area (Å²) in [5.41, 5.74) is 0. The third-order valence-electron chi connectivity index (χ3n) is 10.4. The highest BCUT2D eigenvalue weighted by atomic mass is 16.5. The molecule has 0 bridgehead atoms. The van der Waals surface area contributed by atoms with E-state index >= 15 is 0 Å². The number of piperidine rings is 2. The lowest BCUT2D eigenvalue weighted by Crippen LogP contribution is -2.89. The molecule has 7 heteroatoms. The highest BCUT2D eigenvalue weighted by molar-refractivity contribution is 5.75. The predicted molar refractivity (Wildman–Crippen MR) is 137 cm³/mol. The van der Waals surface area contributed by atoms with Crippen LogP contribution in [0.5, 0.6) is 0 Å². The molecule has 0 aromatic carbocycles. The maximum atomic E-state index is 12.8. The van der Waals surface area contributed by atoms with Gasteiger partial charge in [0, 0.05) is 39.2 Å². The number of esters is 1. The van der Waals surface area contributed by atoms with Gasteiger partial charge >= 0.3 is 5.97 Å². The lowest BCUT2D eigenvalue weighted by Gasteiger charge is -2.43. The first-order valence-electron chi connectivity index (χ1n) is 14.8. The molecule has 200 valence electrons. The van der Waals surface area contributed by atoms with Crippen LogP contribution in [0.25, 0.3) is 0 Å². The maximum Gasteiger partial charge on any atom is 0.323 e. The summed E-state index contributed by atoms with van der Waals surface area (Å²) in [7, 11) is 3.43. The second-order valence-corrected chi connectivity index (χ2v) is 12.4. The van der Waals surface area contributed by atoms with E-state index in [2.05, 4.69) is 20.4 Å². The Hall–Kier alpha value is -0.730. The van der Waals surface area contributed by atoms with E-state index in [1.807, 2.05) is 7.11 Å². The summed E-state index contributed by atoms with van der Waals surface area (Å²) >= 11 is 0. The number of quaternary nitrogens is 1. The summed E-state index contributed by atoms with van der Waals surface area (Å²) in [6, 6.07) is 1.79. The minimum Gasteiger partial charge on any atom is -0.468 e. The van der Waals surface area contributed by atoms with Crippen LogP contribution in [0, 0.1) is 17.8 Å². The third kappa shape index (κ3) is 6.23. The van der Waals surface area contributed by atoms with Crippen molar-refractivity contribution in [2.45, 2.75) is 107 Å². The Balaban J connectivity index is 1.16. The van der Waals surface area contributed by atoms with Crippen molar-refractivity contribution in [3.05, 3.63) is 0 Å². The molecule has 35 heavy (non-hydrogen) atoms. The second kappa shape index (κ2) is 12.2. The molecule has 4 atom stereocenters. The average molecular weight is 492 g/mol. The fourth-order valence-electron chi connectivity index (χ4n) is 8.17. The molecule has 3 N–H and O–H groups in total. The maximum absolute atomic E-state index is 12.8. The monoisotopic (exact) mass is 491 g/mol. The molecular formula is C28H51N4O3+. The number of methoxy groups -OCH3 is 2. The zero-order valence-corrected chi connectivity index (χ0v) is 22.3. The Labute approximate surface area is 213 Å². The SMILES string of the molecule is COC(=O)C1CC2[NH2+]CN(CC3CCC(OC)CC3)C2CN1CC1CCC(C2CCCCN2)CC1. The minimum absolute atomic E-state index is 0.0201. The molecule has 3 heterocycles. The topological polar surface area (TPSA) is 70.6 Å². The van der Waals surface area contributed by atoms with Crippen LogP contribution in [0.2, 0.25) is 0 Å². The summed E-state index contributed by atoms with van der Waals surface area (Å²) in [6.45, 7) is 5.60. The summed E-state index contributed by atoms with van der Waals surface area (Å²) in [4.78, 5) is 18.1. The number of carbonyl (C=O) groups excluding carboxylic acids is 1. The van der Waals surface area contributed by atoms with Gasteiger partial charge in [-0.1, -0.05) is 6.42 Å². The molecule has 5 aliphatic rings. The fraction of sp³-hybridized carbons (Fsp3) is 0.964.